The Kier molecular flexibility index (Phi) is 3.17. The van der Waals surface area contributed by atoms with Gasteiger partial charge in [0.15, 0.2) is 0 Å². The molecule has 84 valence electrons. The van der Waals surface area contributed by atoms with Gasteiger partial charge in [0.25, 0.3) is 0 Å². The Morgan fingerprint density at radius 3 is 3.06 bits per heavy atom. The first-order valence-corrected chi connectivity index (χ1v) is 5.07. The van der Waals surface area contributed by atoms with E-state index >= 15 is 0 Å². The molecule has 0 saturated heterocycles. The minimum Gasteiger partial charge on any atom is -0.408 e. The lowest BCUT2D eigenvalue weighted by Gasteiger charge is -1.99. The fraction of sp³-hybridized carbons (Fsp3) is 0.500. The number of carbonyl (C=O) groups is 1. The van der Waals surface area contributed by atoms with Gasteiger partial charge in [0.2, 0.25) is 11.8 Å². The summed E-state index contributed by atoms with van der Waals surface area (Å²) in [5, 5.41) is 12.8. The fourth-order valence-corrected chi connectivity index (χ4v) is 1.19. The first-order chi connectivity index (χ1) is 7.79. The number of terminal acetylenes is 1. The summed E-state index contributed by atoms with van der Waals surface area (Å²) in [4.78, 5) is 11.3. The summed E-state index contributed by atoms with van der Waals surface area (Å²) in [6, 6.07) is 0.148. The quantitative estimate of drug-likeness (QED) is 0.543. The van der Waals surface area contributed by atoms with Gasteiger partial charge in [0, 0.05) is 5.92 Å². The van der Waals surface area contributed by atoms with Crippen molar-refractivity contribution in [3.8, 4) is 12.3 Å². The van der Waals surface area contributed by atoms with E-state index in [0.29, 0.717) is 18.4 Å². The third kappa shape index (κ3) is 2.81. The third-order valence-corrected chi connectivity index (χ3v) is 2.13. The van der Waals surface area contributed by atoms with Crippen molar-refractivity contribution < 1.29 is 9.21 Å². The molecule has 1 aromatic rings. The Morgan fingerprint density at radius 1 is 1.56 bits per heavy atom. The smallest absolute Gasteiger partial charge is 0.322 e. The van der Waals surface area contributed by atoms with Crippen LogP contribution in [0.25, 0.3) is 0 Å². The zero-order valence-electron chi connectivity index (χ0n) is 8.69. The van der Waals surface area contributed by atoms with Crippen LogP contribution in [0.5, 0.6) is 0 Å². The number of rotatable bonds is 5. The van der Waals surface area contributed by atoms with Crippen molar-refractivity contribution in [2.45, 2.75) is 18.8 Å². The van der Waals surface area contributed by atoms with E-state index in [-0.39, 0.29) is 18.5 Å². The average Bonchev–Trinajstić information content (AvgIpc) is 3.01. The highest BCUT2D eigenvalue weighted by atomic mass is 16.4. The second kappa shape index (κ2) is 4.77. The maximum atomic E-state index is 11.3. The Bertz CT molecular complexity index is 417. The van der Waals surface area contributed by atoms with Crippen LogP contribution < -0.4 is 10.6 Å². The van der Waals surface area contributed by atoms with Crippen molar-refractivity contribution in [2.24, 2.45) is 0 Å². The van der Waals surface area contributed by atoms with Gasteiger partial charge in [-0.15, -0.1) is 11.5 Å². The van der Waals surface area contributed by atoms with E-state index in [1.54, 1.807) is 0 Å². The van der Waals surface area contributed by atoms with E-state index in [1.165, 1.54) is 0 Å². The molecule has 1 saturated carbocycles. The van der Waals surface area contributed by atoms with Gasteiger partial charge in [-0.05, 0) is 12.8 Å². The van der Waals surface area contributed by atoms with Crippen molar-refractivity contribution >= 4 is 11.9 Å². The van der Waals surface area contributed by atoms with Crippen molar-refractivity contribution in [1.29, 1.82) is 0 Å². The molecule has 0 unspecified atom stereocenters. The summed E-state index contributed by atoms with van der Waals surface area (Å²) in [7, 11) is 0. The van der Waals surface area contributed by atoms with Crippen LogP contribution >= 0.6 is 0 Å². The Labute approximate surface area is 92.8 Å². The number of anilines is 1. The first kappa shape index (κ1) is 10.6. The van der Waals surface area contributed by atoms with Gasteiger partial charge >= 0.3 is 6.01 Å². The van der Waals surface area contributed by atoms with Gasteiger partial charge in [-0.25, -0.2) is 0 Å². The van der Waals surface area contributed by atoms with E-state index in [1.807, 2.05) is 0 Å². The molecule has 1 aromatic heterocycles. The van der Waals surface area contributed by atoms with E-state index in [9.17, 15) is 4.79 Å². The molecule has 1 aliphatic carbocycles. The molecule has 16 heavy (non-hydrogen) atoms. The second-order valence-corrected chi connectivity index (χ2v) is 3.58. The number of aromatic nitrogens is 2. The summed E-state index contributed by atoms with van der Waals surface area (Å²) in [5.74, 6) is 3.11. The lowest BCUT2D eigenvalue weighted by molar-refractivity contribution is -0.115. The highest BCUT2D eigenvalue weighted by Crippen LogP contribution is 2.39. The monoisotopic (exact) mass is 220 g/mol. The molecule has 2 rings (SSSR count). The van der Waals surface area contributed by atoms with Crippen LogP contribution in [0.1, 0.15) is 24.7 Å². The number of carbonyl (C=O) groups excluding carboxylic acids is 1. The Hall–Kier alpha value is -1.87. The van der Waals surface area contributed by atoms with E-state index in [2.05, 4.69) is 26.8 Å². The molecule has 0 radical (unpaired) electrons. The molecule has 0 aromatic carbocycles. The molecule has 0 bridgehead atoms. The van der Waals surface area contributed by atoms with Gasteiger partial charge < -0.3 is 4.42 Å². The number of nitrogens with one attached hydrogen (secondary N) is 2. The zero-order chi connectivity index (χ0) is 11.4. The van der Waals surface area contributed by atoms with E-state index < -0.39 is 0 Å². The van der Waals surface area contributed by atoms with Gasteiger partial charge in [0.1, 0.15) is 0 Å². The van der Waals surface area contributed by atoms with Crippen LogP contribution in [0, 0.1) is 12.3 Å². The first-order valence-electron chi connectivity index (χ1n) is 5.07. The summed E-state index contributed by atoms with van der Waals surface area (Å²) in [6.07, 6.45) is 7.19. The SMILES string of the molecule is C#CCNCC(=O)Nc1nnc(C2CC2)o1. The average molecular weight is 220 g/mol. The largest absolute Gasteiger partial charge is 0.408 e. The van der Waals surface area contributed by atoms with Crippen LogP contribution in [-0.4, -0.2) is 29.2 Å². The minimum atomic E-state index is -0.249. The molecule has 1 heterocycles. The predicted octanol–water partition coefficient (Wildman–Crippen LogP) is 0.108. The Balaban J connectivity index is 1.79. The second-order valence-electron chi connectivity index (χ2n) is 3.58. The molecular weight excluding hydrogens is 208 g/mol. The summed E-state index contributed by atoms with van der Waals surface area (Å²) < 4.78 is 5.26. The molecule has 1 aliphatic rings. The molecule has 0 spiro atoms. The molecule has 0 aliphatic heterocycles. The summed E-state index contributed by atoms with van der Waals surface area (Å²) in [5.41, 5.74) is 0. The zero-order valence-corrected chi connectivity index (χ0v) is 8.69. The third-order valence-electron chi connectivity index (χ3n) is 2.13. The maximum Gasteiger partial charge on any atom is 0.322 e. The van der Waals surface area contributed by atoms with Gasteiger partial charge in [-0.2, -0.15) is 0 Å². The number of nitrogens with zero attached hydrogens (tertiary/aromatic N) is 2. The van der Waals surface area contributed by atoms with Crippen molar-refractivity contribution in [2.75, 3.05) is 18.4 Å². The van der Waals surface area contributed by atoms with E-state index in [0.717, 1.165) is 12.8 Å². The van der Waals surface area contributed by atoms with Crippen LogP contribution in [0.3, 0.4) is 0 Å². The molecule has 6 nitrogen and oxygen atoms in total. The fourth-order valence-electron chi connectivity index (χ4n) is 1.19. The minimum absolute atomic E-state index is 0.130. The molecule has 2 N–H and O–H groups in total. The molecule has 1 fully saturated rings. The number of amides is 1. The van der Waals surface area contributed by atoms with E-state index in [4.69, 9.17) is 10.8 Å². The highest BCUT2D eigenvalue weighted by Gasteiger charge is 2.29. The van der Waals surface area contributed by atoms with Crippen molar-refractivity contribution in [3.63, 3.8) is 0 Å². The standard InChI is InChI=1S/C10H12N4O2/c1-2-5-11-6-8(15)12-10-14-13-9(16-10)7-3-4-7/h1,7,11H,3-6H2,(H,12,14,15). The van der Waals surface area contributed by atoms with Crippen LogP contribution in [0.15, 0.2) is 4.42 Å². The molecule has 0 atom stereocenters. The van der Waals surface area contributed by atoms with Crippen molar-refractivity contribution in [1.82, 2.24) is 15.5 Å². The van der Waals surface area contributed by atoms with Gasteiger partial charge in [0.05, 0.1) is 13.1 Å². The van der Waals surface area contributed by atoms with Gasteiger partial charge in [-0.3, -0.25) is 15.4 Å². The van der Waals surface area contributed by atoms with Crippen LogP contribution in [-0.2, 0) is 4.79 Å². The lowest BCUT2D eigenvalue weighted by atomic mass is 10.4. The lowest BCUT2D eigenvalue weighted by Crippen LogP contribution is -2.28. The van der Waals surface area contributed by atoms with Crippen LogP contribution in [0.4, 0.5) is 6.01 Å². The number of hydrogen-bond acceptors (Lipinski definition) is 5. The normalized spacial score (nSPS) is 14.4. The van der Waals surface area contributed by atoms with Crippen LogP contribution in [0.2, 0.25) is 0 Å². The number of hydrogen-bond donors (Lipinski definition) is 2. The molecule has 1 amide bonds. The molecular formula is C10H12N4O2. The maximum absolute atomic E-state index is 11.3. The summed E-state index contributed by atoms with van der Waals surface area (Å²) in [6.45, 7) is 0.482. The highest BCUT2D eigenvalue weighted by molar-refractivity contribution is 5.90. The topological polar surface area (TPSA) is 80.0 Å². The van der Waals surface area contributed by atoms with Crippen molar-refractivity contribution in [3.05, 3.63) is 5.89 Å². The molecule has 6 heteroatoms. The predicted molar refractivity (Wildman–Crippen MR) is 56.6 cm³/mol. The summed E-state index contributed by atoms with van der Waals surface area (Å²) >= 11 is 0. The van der Waals surface area contributed by atoms with Gasteiger partial charge in [-0.1, -0.05) is 11.0 Å². The Morgan fingerprint density at radius 2 is 2.38 bits per heavy atom.